The summed E-state index contributed by atoms with van der Waals surface area (Å²) in [7, 11) is 0. The van der Waals surface area contributed by atoms with Crippen LogP contribution in [0.25, 0.3) is 21.4 Å². The van der Waals surface area contributed by atoms with E-state index in [1.54, 1.807) is 0 Å². The summed E-state index contributed by atoms with van der Waals surface area (Å²) in [6.07, 6.45) is 0.149. The Bertz CT molecular complexity index is 1040. The van der Waals surface area contributed by atoms with Gasteiger partial charge in [-0.05, 0) is 24.6 Å². The molecule has 0 spiro atoms. The number of benzene rings is 2. The summed E-state index contributed by atoms with van der Waals surface area (Å²) in [4.78, 5) is 17.9. The summed E-state index contributed by atoms with van der Waals surface area (Å²) in [6, 6.07) is 17.5. The van der Waals surface area contributed by atoms with Crippen LogP contribution in [0, 0.1) is 6.92 Å². The zero-order chi connectivity index (χ0) is 17.2. The van der Waals surface area contributed by atoms with Gasteiger partial charge in [-0.3, -0.25) is 4.79 Å². The van der Waals surface area contributed by atoms with Gasteiger partial charge in [0.1, 0.15) is 5.69 Å². The van der Waals surface area contributed by atoms with Gasteiger partial charge in [0.15, 0.2) is 10.7 Å². The van der Waals surface area contributed by atoms with Gasteiger partial charge >= 0.3 is 0 Å². The number of aryl methyl sites for hydroxylation is 1. The molecule has 5 nitrogen and oxygen atoms in total. The molecule has 6 heteroatoms. The number of para-hydroxylation sites is 1. The minimum absolute atomic E-state index is 0.149. The number of aromatic nitrogens is 2. The van der Waals surface area contributed by atoms with Crippen LogP contribution in [0.2, 0.25) is 0 Å². The van der Waals surface area contributed by atoms with Crippen molar-refractivity contribution in [3.8, 4) is 10.4 Å². The predicted molar refractivity (Wildman–Crippen MR) is 98.6 cm³/mol. The first kappa shape index (κ1) is 15.5. The Labute approximate surface area is 148 Å². The number of nitrogens with one attached hydrogen (secondary N) is 1. The highest BCUT2D eigenvalue weighted by atomic mass is 32.1. The Hall–Kier alpha value is -2.99. The number of thiazole rings is 1. The summed E-state index contributed by atoms with van der Waals surface area (Å²) < 4.78 is 5.24. The molecule has 25 heavy (non-hydrogen) atoms. The summed E-state index contributed by atoms with van der Waals surface area (Å²) in [5, 5.41) is 8.31. The number of amides is 1. The van der Waals surface area contributed by atoms with E-state index in [-0.39, 0.29) is 12.3 Å². The molecule has 124 valence electrons. The number of rotatable bonds is 4. The first-order valence-corrected chi connectivity index (χ1v) is 8.68. The molecule has 0 aliphatic heterocycles. The molecule has 0 saturated heterocycles. The Morgan fingerprint density at radius 2 is 1.88 bits per heavy atom. The van der Waals surface area contributed by atoms with Crippen LogP contribution in [0.3, 0.4) is 0 Å². The molecule has 0 aliphatic rings. The highest BCUT2D eigenvalue weighted by Crippen LogP contribution is 2.32. The molecule has 4 aromatic rings. The lowest BCUT2D eigenvalue weighted by Gasteiger charge is -1.99. The van der Waals surface area contributed by atoms with Crippen molar-refractivity contribution in [1.29, 1.82) is 0 Å². The van der Waals surface area contributed by atoms with Crippen LogP contribution < -0.4 is 5.32 Å². The van der Waals surface area contributed by atoms with Crippen LogP contribution in [0.15, 0.2) is 59.1 Å². The van der Waals surface area contributed by atoms with E-state index in [1.807, 2.05) is 61.5 Å². The van der Waals surface area contributed by atoms with Gasteiger partial charge in [-0.1, -0.05) is 59.0 Å². The molecule has 2 aromatic heterocycles. The molecule has 0 bridgehead atoms. The van der Waals surface area contributed by atoms with E-state index in [0.29, 0.717) is 16.4 Å². The lowest BCUT2D eigenvalue weighted by Crippen LogP contribution is -2.14. The predicted octanol–water partition coefficient (Wildman–Crippen LogP) is 4.44. The Kier molecular flexibility index (Phi) is 4.03. The monoisotopic (exact) mass is 349 g/mol. The van der Waals surface area contributed by atoms with E-state index in [0.717, 1.165) is 21.5 Å². The van der Waals surface area contributed by atoms with Crippen molar-refractivity contribution in [1.82, 2.24) is 10.1 Å². The van der Waals surface area contributed by atoms with Crippen molar-refractivity contribution in [2.45, 2.75) is 13.3 Å². The maximum atomic E-state index is 12.4. The van der Waals surface area contributed by atoms with E-state index in [9.17, 15) is 4.79 Å². The zero-order valence-electron chi connectivity index (χ0n) is 13.5. The second-order valence-corrected chi connectivity index (χ2v) is 6.65. The number of carbonyl (C=O) groups excluding carboxylic acids is 1. The quantitative estimate of drug-likeness (QED) is 0.591. The second kappa shape index (κ2) is 6.49. The van der Waals surface area contributed by atoms with Crippen molar-refractivity contribution in [3.05, 3.63) is 66.0 Å². The molecule has 2 heterocycles. The maximum Gasteiger partial charge on any atom is 0.232 e. The molecule has 1 amide bonds. The molecule has 0 saturated carbocycles. The largest absolute Gasteiger partial charge is 0.356 e. The third kappa shape index (κ3) is 3.16. The van der Waals surface area contributed by atoms with Crippen molar-refractivity contribution < 1.29 is 9.32 Å². The van der Waals surface area contributed by atoms with Crippen LogP contribution in [-0.4, -0.2) is 16.0 Å². The fourth-order valence-electron chi connectivity index (χ4n) is 2.69. The standard InChI is InChI=1S/C19H15N3O2S/c1-12-18(13-7-3-2-4-8-13)25-19(20-12)21-17(23)11-15-14-9-5-6-10-16(14)24-22-15/h2-10H,11H2,1H3,(H,20,21,23). The number of nitrogens with zero attached hydrogens (tertiary/aromatic N) is 2. The molecule has 0 radical (unpaired) electrons. The molecule has 2 aromatic carbocycles. The SMILES string of the molecule is Cc1nc(NC(=O)Cc2noc3ccccc23)sc1-c1ccccc1. The summed E-state index contributed by atoms with van der Waals surface area (Å²) in [6.45, 7) is 1.94. The van der Waals surface area contributed by atoms with Crippen molar-refractivity contribution in [2.24, 2.45) is 0 Å². The van der Waals surface area contributed by atoms with Gasteiger partial charge in [-0.25, -0.2) is 4.98 Å². The summed E-state index contributed by atoms with van der Waals surface area (Å²) in [5.41, 5.74) is 3.31. The van der Waals surface area contributed by atoms with E-state index in [1.165, 1.54) is 11.3 Å². The van der Waals surface area contributed by atoms with Crippen molar-refractivity contribution >= 4 is 33.3 Å². The smallest absolute Gasteiger partial charge is 0.232 e. The lowest BCUT2D eigenvalue weighted by molar-refractivity contribution is -0.115. The first-order valence-electron chi connectivity index (χ1n) is 7.87. The van der Waals surface area contributed by atoms with Gasteiger partial charge in [-0.15, -0.1) is 0 Å². The van der Waals surface area contributed by atoms with Crippen molar-refractivity contribution in [2.75, 3.05) is 5.32 Å². The average Bonchev–Trinajstić information content (AvgIpc) is 3.19. The van der Waals surface area contributed by atoms with Crippen LogP contribution in [-0.2, 0) is 11.2 Å². The highest BCUT2D eigenvalue weighted by Gasteiger charge is 2.15. The van der Waals surface area contributed by atoms with Gasteiger partial charge in [0, 0.05) is 5.39 Å². The second-order valence-electron chi connectivity index (χ2n) is 5.65. The number of anilines is 1. The number of fused-ring (bicyclic) bond motifs is 1. The molecular weight excluding hydrogens is 334 g/mol. The Morgan fingerprint density at radius 3 is 2.72 bits per heavy atom. The van der Waals surface area contributed by atoms with E-state index >= 15 is 0 Å². The molecule has 0 atom stereocenters. The van der Waals surface area contributed by atoms with Gasteiger partial charge in [0.25, 0.3) is 0 Å². The molecule has 1 N–H and O–H groups in total. The van der Waals surface area contributed by atoms with Crippen LogP contribution in [0.1, 0.15) is 11.4 Å². The minimum Gasteiger partial charge on any atom is -0.356 e. The zero-order valence-corrected chi connectivity index (χ0v) is 14.3. The highest BCUT2D eigenvalue weighted by molar-refractivity contribution is 7.19. The third-order valence-electron chi connectivity index (χ3n) is 3.86. The van der Waals surface area contributed by atoms with Gasteiger partial charge < -0.3 is 9.84 Å². The van der Waals surface area contributed by atoms with Gasteiger partial charge in [0.2, 0.25) is 5.91 Å². The normalized spacial score (nSPS) is 10.9. The van der Waals surface area contributed by atoms with Gasteiger partial charge in [-0.2, -0.15) is 0 Å². The fraction of sp³-hybridized carbons (Fsp3) is 0.105. The van der Waals surface area contributed by atoms with E-state index in [4.69, 9.17) is 4.52 Å². The molecule has 4 rings (SSSR count). The minimum atomic E-state index is -0.160. The topological polar surface area (TPSA) is 68.0 Å². The number of hydrogen-bond donors (Lipinski definition) is 1. The van der Waals surface area contributed by atoms with Gasteiger partial charge in [0.05, 0.1) is 17.0 Å². The Morgan fingerprint density at radius 1 is 1.12 bits per heavy atom. The van der Waals surface area contributed by atoms with Crippen LogP contribution >= 0.6 is 11.3 Å². The number of carbonyl (C=O) groups is 1. The molecule has 0 unspecified atom stereocenters. The van der Waals surface area contributed by atoms with E-state index < -0.39 is 0 Å². The number of hydrogen-bond acceptors (Lipinski definition) is 5. The van der Waals surface area contributed by atoms with E-state index in [2.05, 4.69) is 15.5 Å². The lowest BCUT2D eigenvalue weighted by atomic mass is 10.2. The molecule has 0 aliphatic carbocycles. The van der Waals surface area contributed by atoms with Crippen LogP contribution in [0.5, 0.6) is 0 Å². The maximum absolute atomic E-state index is 12.4. The molecule has 0 fully saturated rings. The third-order valence-corrected chi connectivity index (χ3v) is 4.98. The first-order chi connectivity index (χ1) is 12.2. The van der Waals surface area contributed by atoms with Crippen LogP contribution in [0.4, 0.5) is 5.13 Å². The molecular formula is C19H15N3O2S. The van der Waals surface area contributed by atoms with Crippen molar-refractivity contribution in [3.63, 3.8) is 0 Å². The Balaban J connectivity index is 1.52. The average molecular weight is 349 g/mol. The fourth-order valence-corrected chi connectivity index (χ4v) is 3.68. The summed E-state index contributed by atoms with van der Waals surface area (Å²) >= 11 is 1.47. The summed E-state index contributed by atoms with van der Waals surface area (Å²) in [5.74, 6) is -0.160.